The lowest BCUT2D eigenvalue weighted by molar-refractivity contribution is -0.107. The molecule has 4 N–H and O–H groups in total. The molecule has 2 aromatic heterocycles. The number of piperidine rings is 1. The lowest BCUT2D eigenvalue weighted by Crippen LogP contribution is -2.43. The fourth-order valence-electron chi connectivity index (χ4n) is 7.89. The van der Waals surface area contributed by atoms with Crippen molar-refractivity contribution in [3.8, 4) is 0 Å². The summed E-state index contributed by atoms with van der Waals surface area (Å²) in [5, 5.41) is 7.16. The van der Waals surface area contributed by atoms with Gasteiger partial charge in [0.2, 0.25) is 0 Å². The van der Waals surface area contributed by atoms with Crippen molar-refractivity contribution < 1.29 is 27.1 Å². The van der Waals surface area contributed by atoms with E-state index in [9.17, 15) is 18.7 Å². The highest BCUT2D eigenvalue weighted by Crippen LogP contribution is 2.49. The van der Waals surface area contributed by atoms with Crippen LogP contribution in [0.1, 0.15) is 106 Å². The van der Waals surface area contributed by atoms with E-state index in [0.29, 0.717) is 67.5 Å². The number of nitrogens with one attached hydrogen (secondary N) is 2. The zero-order chi connectivity index (χ0) is 34.1. The van der Waals surface area contributed by atoms with E-state index in [-0.39, 0.29) is 40.6 Å². The zero-order valence-corrected chi connectivity index (χ0v) is 28.2. The largest absolute Gasteiger partial charge is 0.363 e. The van der Waals surface area contributed by atoms with E-state index in [4.69, 9.17) is 0 Å². The van der Waals surface area contributed by atoms with Crippen molar-refractivity contribution in [2.75, 3.05) is 16.8 Å². The number of aldehydes is 1. The van der Waals surface area contributed by atoms with Crippen molar-refractivity contribution in [3.05, 3.63) is 63.5 Å². The van der Waals surface area contributed by atoms with Gasteiger partial charge in [-0.3, -0.25) is 18.5 Å². The van der Waals surface area contributed by atoms with Gasteiger partial charge in [0.15, 0.2) is 0 Å². The van der Waals surface area contributed by atoms with E-state index in [0.717, 1.165) is 38.4 Å². The van der Waals surface area contributed by atoms with E-state index in [1.165, 1.54) is 24.5 Å². The molecule has 5 heterocycles. The SMILES string of the molecule is C[C@@H](Nc1ncnc2c1cc(C1CCS(O)(O)CC1)c(=O)n2CCCCCCC=O)c1cccc(C(F)(F)C2CC3CCC(C2)N3)c1F. The Balaban J connectivity index is 1.30. The van der Waals surface area contributed by atoms with Gasteiger partial charge in [0.05, 0.1) is 17.0 Å². The van der Waals surface area contributed by atoms with Crippen LogP contribution in [0, 0.1) is 11.7 Å². The number of carbonyl (C=O) groups is 1. The van der Waals surface area contributed by atoms with Crippen LogP contribution in [-0.4, -0.2) is 53.5 Å². The van der Waals surface area contributed by atoms with Crippen LogP contribution in [0.3, 0.4) is 0 Å². The monoisotopic (exact) mass is 689 g/mol. The number of hydrogen-bond donors (Lipinski definition) is 4. The topological polar surface area (TPSA) is 129 Å². The van der Waals surface area contributed by atoms with Gasteiger partial charge in [-0.05, 0) is 70.3 Å². The summed E-state index contributed by atoms with van der Waals surface area (Å²) in [5.74, 6) is -4.58. The summed E-state index contributed by atoms with van der Waals surface area (Å²) in [6, 6.07) is 5.28. The van der Waals surface area contributed by atoms with Crippen LogP contribution >= 0.6 is 10.6 Å². The summed E-state index contributed by atoms with van der Waals surface area (Å²) < 4.78 is 69.9. The number of benzene rings is 1. The lowest BCUT2D eigenvalue weighted by Gasteiger charge is -2.39. The lowest BCUT2D eigenvalue weighted by atomic mass is 9.83. The Kier molecular flexibility index (Phi) is 10.5. The molecule has 13 heteroatoms. The first-order valence-electron chi connectivity index (χ1n) is 17.2. The molecule has 2 unspecified atom stereocenters. The fraction of sp³-hybridized carbons (Fsp3) is 0.600. The molecular weight excluding hydrogens is 643 g/mol. The molecule has 9 nitrogen and oxygen atoms in total. The average Bonchev–Trinajstić information content (AvgIpc) is 3.40. The Bertz CT molecular complexity index is 1670. The Morgan fingerprint density at radius 3 is 2.50 bits per heavy atom. The maximum absolute atomic E-state index is 16.1. The molecule has 2 bridgehead atoms. The fourth-order valence-corrected chi connectivity index (χ4v) is 9.41. The molecule has 6 rings (SSSR count). The van der Waals surface area contributed by atoms with Gasteiger partial charge in [-0.15, -0.1) is 0 Å². The molecule has 3 fully saturated rings. The van der Waals surface area contributed by atoms with E-state index < -0.39 is 39.9 Å². The van der Waals surface area contributed by atoms with Gasteiger partial charge < -0.3 is 15.4 Å². The van der Waals surface area contributed by atoms with Crippen LogP contribution in [0.4, 0.5) is 19.0 Å². The average molecular weight is 690 g/mol. The quantitative estimate of drug-likeness (QED) is 0.107. The first kappa shape index (κ1) is 34.8. The normalized spacial score (nSPS) is 24.0. The van der Waals surface area contributed by atoms with E-state index in [1.807, 2.05) is 0 Å². The van der Waals surface area contributed by atoms with E-state index in [1.54, 1.807) is 17.6 Å². The molecule has 0 spiro atoms. The molecule has 3 aliphatic rings. The van der Waals surface area contributed by atoms with Gasteiger partial charge >= 0.3 is 0 Å². The summed E-state index contributed by atoms with van der Waals surface area (Å²) >= 11 is 0. The predicted octanol–water partition coefficient (Wildman–Crippen LogP) is 7.50. The number of rotatable bonds is 13. The second kappa shape index (κ2) is 14.5. The highest BCUT2D eigenvalue weighted by molar-refractivity contribution is 8.24. The molecule has 0 amide bonds. The first-order chi connectivity index (χ1) is 23.0. The standard InChI is InChI=1S/C35H46F3N5O4S/c1-22(27-8-7-9-30(31(27)36)35(37,38)24-18-25-10-11-26(19-24)42-25)41-32-29-20-28(23-12-16-48(46,47)17-13-23)34(45)43(33(29)40-21-39-32)14-5-3-2-4-6-15-44/h7-9,15,20-26,42,46-47H,2-6,10-14,16-19H2,1H3,(H,39,40,41)/t22-,24?,25?,26?/m1/s1. The third kappa shape index (κ3) is 7.29. The van der Waals surface area contributed by atoms with Crippen LogP contribution in [0.5, 0.6) is 0 Å². The number of nitrogens with zero attached hydrogens (tertiary/aromatic N) is 3. The second-order valence-electron chi connectivity index (χ2n) is 13.9. The van der Waals surface area contributed by atoms with Gasteiger partial charge in [-0.2, -0.15) is 10.6 Å². The highest BCUT2D eigenvalue weighted by atomic mass is 32.3. The minimum absolute atomic E-state index is 0.0481. The summed E-state index contributed by atoms with van der Waals surface area (Å²) in [5.41, 5.74) is 0.261. The molecule has 1 aromatic carbocycles. The number of carbonyl (C=O) groups excluding carboxylic acids is 1. The van der Waals surface area contributed by atoms with Crippen LogP contribution in [-0.2, 0) is 17.3 Å². The molecule has 0 aliphatic carbocycles. The van der Waals surface area contributed by atoms with Crippen molar-refractivity contribution in [2.24, 2.45) is 5.92 Å². The second-order valence-corrected chi connectivity index (χ2v) is 16.3. The molecular formula is C35H46F3N5O4S. The van der Waals surface area contributed by atoms with Crippen molar-refractivity contribution in [1.29, 1.82) is 0 Å². The van der Waals surface area contributed by atoms with Crippen LogP contribution in [0.25, 0.3) is 11.0 Å². The Hall–Kier alpha value is -3.00. The van der Waals surface area contributed by atoms with Crippen molar-refractivity contribution in [2.45, 2.75) is 114 Å². The number of halogens is 3. The Labute approximate surface area is 280 Å². The number of anilines is 1. The van der Waals surface area contributed by atoms with Crippen LogP contribution < -0.4 is 16.2 Å². The van der Waals surface area contributed by atoms with Crippen LogP contribution in [0.2, 0.25) is 0 Å². The van der Waals surface area contributed by atoms with Crippen molar-refractivity contribution in [3.63, 3.8) is 0 Å². The summed E-state index contributed by atoms with van der Waals surface area (Å²) in [6.07, 6.45) is 9.16. The maximum Gasteiger partial charge on any atom is 0.278 e. The number of alkyl halides is 2. The number of unbranched alkanes of at least 4 members (excludes halogenated alkanes) is 4. The molecule has 262 valence electrons. The zero-order valence-electron chi connectivity index (χ0n) is 27.3. The summed E-state index contributed by atoms with van der Waals surface area (Å²) in [7, 11) is -2.66. The molecule has 48 heavy (non-hydrogen) atoms. The van der Waals surface area contributed by atoms with Crippen molar-refractivity contribution >= 4 is 33.7 Å². The van der Waals surface area contributed by atoms with Crippen molar-refractivity contribution in [1.82, 2.24) is 19.9 Å². The smallest absolute Gasteiger partial charge is 0.278 e. The molecule has 0 saturated carbocycles. The maximum atomic E-state index is 16.1. The predicted molar refractivity (Wildman–Crippen MR) is 183 cm³/mol. The van der Waals surface area contributed by atoms with Gasteiger partial charge in [0, 0.05) is 53.6 Å². The molecule has 0 radical (unpaired) electrons. The molecule has 3 aliphatic heterocycles. The van der Waals surface area contributed by atoms with Gasteiger partial charge in [0.1, 0.15) is 29.9 Å². The number of aromatic nitrogens is 3. The Morgan fingerprint density at radius 1 is 1.08 bits per heavy atom. The number of hydrogen-bond acceptors (Lipinski definition) is 8. The van der Waals surface area contributed by atoms with E-state index in [2.05, 4.69) is 20.6 Å². The molecule has 3 aromatic rings. The third-order valence-corrected chi connectivity index (χ3v) is 12.4. The van der Waals surface area contributed by atoms with Gasteiger partial charge in [-0.1, -0.05) is 31.0 Å². The highest BCUT2D eigenvalue weighted by Gasteiger charge is 2.49. The van der Waals surface area contributed by atoms with E-state index >= 15 is 13.2 Å². The van der Waals surface area contributed by atoms with Gasteiger partial charge in [0.25, 0.3) is 11.5 Å². The molecule has 3 saturated heterocycles. The number of fused-ring (bicyclic) bond motifs is 3. The van der Waals surface area contributed by atoms with Crippen LogP contribution in [0.15, 0.2) is 35.4 Å². The minimum atomic E-state index is -3.31. The Morgan fingerprint density at radius 2 is 1.79 bits per heavy atom. The summed E-state index contributed by atoms with van der Waals surface area (Å²) in [6.45, 7) is 2.09. The summed E-state index contributed by atoms with van der Waals surface area (Å²) in [4.78, 5) is 33.5. The number of aryl methyl sites for hydroxylation is 1. The number of pyridine rings is 1. The molecule has 3 atom stereocenters. The van der Waals surface area contributed by atoms with Gasteiger partial charge in [-0.25, -0.2) is 23.1 Å². The first-order valence-corrected chi connectivity index (χ1v) is 19.1. The minimum Gasteiger partial charge on any atom is -0.363 e. The third-order valence-electron chi connectivity index (χ3n) is 10.6.